The van der Waals surface area contributed by atoms with Crippen molar-refractivity contribution < 1.29 is 0 Å². The van der Waals surface area contributed by atoms with Crippen LogP contribution in [-0.2, 0) is 0 Å². The van der Waals surface area contributed by atoms with Crippen LogP contribution in [0.1, 0.15) is 17.0 Å². The van der Waals surface area contributed by atoms with E-state index in [2.05, 4.69) is 4.98 Å². The fourth-order valence-corrected chi connectivity index (χ4v) is 3.62. The van der Waals surface area contributed by atoms with Crippen LogP contribution in [0.5, 0.6) is 0 Å². The summed E-state index contributed by atoms with van der Waals surface area (Å²) in [6.45, 7) is 0. The van der Waals surface area contributed by atoms with E-state index in [1.807, 2.05) is 109 Å². The smallest absolute Gasteiger partial charge is 0.266 e. The number of nitriles is 1. The molecule has 6 nitrogen and oxygen atoms in total. The Hall–Kier alpha value is -4.76. The standard InChI is InChI=1S/C26H17N5O/c27-18-22-24(20-12-6-2-7-13-20)30-23(17-16-19-10-4-1-5-11-19)29-31(26(30)28-25(22)32)21-14-8-3-9-15-21/h1-17H/b17-16-. The maximum Gasteiger partial charge on any atom is 0.293 e. The summed E-state index contributed by atoms with van der Waals surface area (Å²) in [5, 5.41) is 14.6. The van der Waals surface area contributed by atoms with Crippen LogP contribution in [0.3, 0.4) is 0 Å². The first-order chi connectivity index (χ1) is 15.8. The van der Waals surface area contributed by atoms with E-state index >= 15 is 0 Å². The summed E-state index contributed by atoms with van der Waals surface area (Å²) < 4.78 is 3.39. The number of para-hydroxylation sites is 1. The van der Waals surface area contributed by atoms with E-state index in [0.717, 1.165) is 16.8 Å². The molecule has 152 valence electrons. The SMILES string of the molecule is N#Cc1c(-c2ccccc2)n2c(/C=C\c3ccccc3)nn(-c3ccccc3)c2nc1=O. The van der Waals surface area contributed by atoms with Gasteiger partial charge in [0, 0.05) is 5.56 Å². The number of rotatable bonds is 4. The molecule has 0 aliphatic heterocycles. The Morgan fingerprint density at radius 2 is 1.44 bits per heavy atom. The molecule has 0 amide bonds. The second kappa shape index (κ2) is 8.17. The molecule has 0 N–H and O–H groups in total. The molecule has 0 unspecified atom stereocenters. The van der Waals surface area contributed by atoms with Gasteiger partial charge in [0.1, 0.15) is 11.6 Å². The Balaban J connectivity index is 1.87. The van der Waals surface area contributed by atoms with Crippen LogP contribution in [0.4, 0.5) is 0 Å². The highest BCUT2D eigenvalue weighted by molar-refractivity contribution is 5.73. The molecular weight excluding hydrogens is 398 g/mol. The lowest BCUT2D eigenvalue weighted by atomic mass is 10.1. The first-order valence-electron chi connectivity index (χ1n) is 10.1. The van der Waals surface area contributed by atoms with Crippen LogP contribution in [0.25, 0.3) is 34.9 Å². The van der Waals surface area contributed by atoms with Gasteiger partial charge in [-0.15, -0.1) is 5.10 Å². The third kappa shape index (κ3) is 3.38. The molecule has 2 aromatic heterocycles. The highest BCUT2D eigenvalue weighted by atomic mass is 16.1. The zero-order valence-corrected chi connectivity index (χ0v) is 17.0. The van der Waals surface area contributed by atoms with Crippen LogP contribution in [0.2, 0.25) is 0 Å². The minimum Gasteiger partial charge on any atom is -0.266 e. The number of aromatic nitrogens is 4. The van der Waals surface area contributed by atoms with Gasteiger partial charge in [0.05, 0.1) is 11.4 Å². The maximum absolute atomic E-state index is 12.8. The van der Waals surface area contributed by atoms with Gasteiger partial charge >= 0.3 is 0 Å². The van der Waals surface area contributed by atoms with Gasteiger partial charge in [0.25, 0.3) is 5.56 Å². The zero-order chi connectivity index (χ0) is 21.9. The Morgan fingerprint density at radius 1 is 0.812 bits per heavy atom. The Morgan fingerprint density at radius 3 is 2.09 bits per heavy atom. The summed E-state index contributed by atoms with van der Waals surface area (Å²) in [5.74, 6) is 0.891. The molecule has 0 atom stereocenters. The van der Waals surface area contributed by atoms with Gasteiger partial charge in [-0.1, -0.05) is 84.9 Å². The molecule has 0 bridgehead atoms. The van der Waals surface area contributed by atoms with Crippen LogP contribution < -0.4 is 5.56 Å². The first-order valence-corrected chi connectivity index (χ1v) is 10.1. The fourth-order valence-electron chi connectivity index (χ4n) is 3.62. The minimum atomic E-state index is -0.581. The molecule has 0 radical (unpaired) electrons. The molecule has 0 saturated heterocycles. The molecule has 5 aromatic rings. The van der Waals surface area contributed by atoms with Crippen molar-refractivity contribution in [2.45, 2.75) is 0 Å². The topological polar surface area (TPSA) is 76.0 Å². The van der Waals surface area contributed by atoms with Crippen molar-refractivity contribution in [1.29, 1.82) is 5.26 Å². The lowest BCUT2D eigenvalue weighted by molar-refractivity contribution is 0.888. The highest BCUT2D eigenvalue weighted by Crippen LogP contribution is 2.25. The molecule has 5 rings (SSSR count). The van der Waals surface area contributed by atoms with E-state index < -0.39 is 5.56 Å². The van der Waals surface area contributed by atoms with E-state index in [0.29, 0.717) is 17.3 Å². The maximum atomic E-state index is 12.8. The van der Waals surface area contributed by atoms with E-state index in [1.165, 1.54) is 0 Å². The van der Waals surface area contributed by atoms with Crippen LogP contribution in [0.15, 0.2) is 95.8 Å². The summed E-state index contributed by atoms with van der Waals surface area (Å²) in [6, 6.07) is 30.8. The van der Waals surface area contributed by atoms with Crippen LogP contribution in [-0.4, -0.2) is 19.2 Å². The molecular formula is C26H17N5O. The van der Waals surface area contributed by atoms with E-state index in [4.69, 9.17) is 5.10 Å². The molecule has 3 aromatic carbocycles. The number of hydrogen-bond acceptors (Lipinski definition) is 4. The second-order valence-corrected chi connectivity index (χ2v) is 7.10. The fraction of sp³-hybridized carbons (Fsp3) is 0. The molecule has 6 heteroatoms. The van der Waals surface area contributed by atoms with Crippen LogP contribution >= 0.6 is 0 Å². The van der Waals surface area contributed by atoms with Crippen molar-refractivity contribution in [2.75, 3.05) is 0 Å². The molecule has 2 heterocycles. The number of fused-ring (bicyclic) bond motifs is 1. The van der Waals surface area contributed by atoms with Crippen molar-refractivity contribution in [3.63, 3.8) is 0 Å². The number of nitrogens with zero attached hydrogens (tertiary/aromatic N) is 5. The van der Waals surface area contributed by atoms with E-state index in [-0.39, 0.29) is 5.56 Å². The first kappa shape index (κ1) is 19.2. The Labute approximate surface area is 184 Å². The predicted octanol–water partition coefficient (Wildman–Crippen LogP) is 4.59. The summed E-state index contributed by atoms with van der Waals surface area (Å²) in [4.78, 5) is 17.1. The predicted molar refractivity (Wildman–Crippen MR) is 124 cm³/mol. The third-order valence-corrected chi connectivity index (χ3v) is 5.08. The summed E-state index contributed by atoms with van der Waals surface area (Å²) in [7, 11) is 0. The lowest BCUT2D eigenvalue weighted by Gasteiger charge is -2.08. The Kier molecular flexibility index (Phi) is 4.91. The van der Waals surface area contributed by atoms with Gasteiger partial charge in [-0.2, -0.15) is 14.9 Å². The van der Waals surface area contributed by atoms with Crippen molar-refractivity contribution in [3.05, 3.63) is 118 Å². The summed E-state index contributed by atoms with van der Waals surface area (Å²) in [6.07, 6.45) is 3.80. The molecule has 0 aliphatic carbocycles. The quantitative estimate of drug-likeness (QED) is 0.430. The third-order valence-electron chi connectivity index (χ3n) is 5.08. The number of benzene rings is 3. The molecule has 0 saturated carbocycles. The summed E-state index contributed by atoms with van der Waals surface area (Å²) in [5.41, 5.74) is 2.38. The largest absolute Gasteiger partial charge is 0.293 e. The van der Waals surface area contributed by atoms with Gasteiger partial charge in [-0.3, -0.25) is 9.20 Å². The molecule has 0 spiro atoms. The van der Waals surface area contributed by atoms with Gasteiger partial charge < -0.3 is 0 Å². The van der Waals surface area contributed by atoms with Crippen molar-refractivity contribution >= 4 is 17.9 Å². The van der Waals surface area contributed by atoms with Gasteiger partial charge in [0.2, 0.25) is 5.78 Å². The molecule has 32 heavy (non-hydrogen) atoms. The second-order valence-electron chi connectivity index (χ2n) is 7.10. The average Bonchev–Trinajstić information content (AvgIpc) is 3.21. The van der Waals surface area contributed by atoms with Crippen LogP contribution in [0, 0.1) is 11.3 Å². The number of hydrogen-bond donors (Lipinski definition) is 0. The Bertz CT molecular complexity index is 1530. The zero-order valence-electron chi connectivity index (χ0n) is 17.0. The minimum absolute atomic E-state index is 0.0179. The molecule has 0 fully saturated rings. The van der Waals surface area contributed by atoms with Gasteiger partial charge in [-0.25, -0.2) is 0 Å². The van der Waals surface area contributed by atoms with E-state index in [9.17, 15) is 10.1 Å². The monoisotopic (exact) mass is 415 g/mol. The molecule has 0 aliphatic rings. The van der Waals surface area contributed by atoms with Crippen molar-refractivity contribution in [2.24, 2.45) is 0 Å². The average molecular weight is 415 g/mol. The van der Waals surface area contributed by atoms with Crippen molar-refractivity contribution in [3.8, 4) is 23.0 Å². The van der Waals surface area contributed by atoms with Gasteiger partial charge in [-0.05, 0) is 23.8 Å². The highest BCUT2D eigenvalue weighted by Gasteiger charge is 2.21. The van der Waals surface area contributed by atoms with E-state index in [1.54, 1.807) is 9.08 Å². The summed E-state index contributed by atoms with van der Waals surface area (Å²) >= 11 is 0. The normalized spacial score (nSPS) is 11.1. The van der Waals surface area contributed by atoms with Crippen molar-refractivity contribution in [1.82, 2.24) is 19.2 Å². The lowest BCUT2D eigenvalue weighted by Crippen LogP contribution is -2.17. The van der Waals surface area contributed by atoms with Gasteiger partial charge in [0.15, 0.2) is 5.82 Å².